The first kappa shape index (κ1) is 13.8. The summed E-state index contributed by atoms with van der Waals surface area (Å²) in [5.74, 6) is 0.158. The fourth-order valence-corrected chi connectivity index (χ4v) is 1.06. The molecule has 0 heterocycles. The molecule has 3 nitrogen and oxygen atoms in total. The fraction of sp³-hybridized carbons (Fsp3) is 0.900. The summed E-state index contributed by atoms with van der Waals surface area (Å²) in [4.78, 5) is 13.4. The summed E-state index contributed by atoms with van der Waals surface area (Å²) in [5.41, 5.74) is -0.521. The third-order valence-electron chi connectivity index (χ3n) is 2.51. The van der Waals surface area contributed by atoms with Gasteiger partial charge in [0, 0.05) is 7.05 Å². The van der Waals surface area contributed by atoms with E-state index in [9.17, 15) is 4.79 Å². The monoisotopic (exact) mass is 219 g/mol. The Hall–Kier alpha value is -0.220. The van der Waals surface area contributed by atoms with Crippen LogP contribution >= 0.6 is 12.6 Å². The highest BCUT2D eigenvalue weighted by Crippen LogP contribution is 2.18. The van der Waals surface area contributed by atoms with E-state index in [4.69, 9.17) is 5.11 Å². The lowest BCUT2D eigenvalue weighted by atomic mass is 10.0. The van der Waals surface area contributed by atoms with Gasteiger partial charge in [0.15, 0.2) is 0 Å². The topological polar surface area (TPSA) is 40.5 Å². The average Bonchev–Trinajstić information content (AvgIpc) is 2.14. The maximum absolute atomic E-state index is 11.8. The van der Waals surface area contributed by atoms with E-state index in [1.165, 1.54) is 0 Å². The molecule has 0 rings (SSSR count). The van der Waals surface area contributed by atoms with Crippen LogP contribution in [0, 0.1) is 5.92 Å². The highest BCUT2D eigenvalue weighted by atomic mass is 32.1. The number of hydrogen-bond donors (Lipinski definition) is 2. The lowest BCUT2D eigenvalue weighted by molar-refractivity contribution is -0.136. The van der Waals surface area contributed by atoms with E-state index in [0.29, 0.717) is 0 Å². The number of carbonyl (C=O) groups excluding carboxylic acids is 1. The molecule has 0 saturated heterocycles. The van der Waals surface area contributed by atoms with Gasteiger partial charge in [-0.25, -0.2) is 0 Å². The molecule has 1 atom stereocenters. The Balaban J connectivity index is 4.55. The van der Waals surface area contributed by atoms with Crippen LogP contribution < -0.4 is 0 Å². The van der Waals surface area contributed by atoms with Crippen LogP contribution in [0.2, 0.25) is 0 Å². The number of aliphatic hydroxyl groups is 1. The van der Waals surface area contributed by atoms with Crippen molar-refractivity contribution in [1.29, 1.82) is 0 Å². The second kappa shape index (κ2) is 5.03. The first-order valence-corrected chi connectivity index (χ1v) is 5.32. The molecule has 0 aliphatic rings. The van der Waals surface area contributed by atoms with Crippen LogP contribution in [-0.2, 0) is 4.79 Å². The molecule has 0 aromatic carbocycles. The molecule has 84 valence electrons. The number of rotatable bonds is 4. The van der Waals surface area contributed by atoms with Gasteiger partial charge in [-0.1, -0.05) is 13.8 Å². The zero-order valence-corrected chi connectivity index (χ0v) is 10.5. The van der Waals surface area contributed by atoms with Crippen LogP contribution in [0.25, 0.3) is 0 Å². The lowest BCUT2D eigenvalue weighted by Crippen LogP contribution is -2.51. The van der Waals surface area contributed by atoms with E-state index in [1.54, 1.807) is 11.9 Å². The Labute approximate surface area is 91.9 Å². The van der Waals surface area contributed by atoms with Gasteiger partial charge in [-0.05, 0) is 19.8 Å². The Bertz CT molecular complexity index is 204. The SMILES string of the molecule is CC(C)C(S)C(=O)N(C)C(C)(C)CO. The number of hydrogen-bond acceptors (Lipinski definition) is 3. The summed E-state index contributed by atoms with van der Waals surface area (Å²) in [6, 6.07) is 0. The molecular formula is C10H21NO2S. The van der Waals surface area contributed by atoms with Crippen molar-refractivity contribution >= 4 is 18.5 Å². The number of likely N-dealkylation sites (N-methyl/N-ethyl adjacent to an activating group) is 1. The van der Waals surface area contributed by atoms with E-state index in [0.717, 1.165) is 0 Å². The Morgan fingerprint density at radius 2 is 1.93 bits per heavy atom. The van der Waals surface area contributed by atoms with Gasteiger partial charge in [-0.3, -0.25) is 4.79 Å². The third kappa shape index (κ3) is 3.17. The first-order chi connectivity index (χ1) is 6.24. The third-order valence-corrected chi connectivity index (χ3v) is 3.33. The van der Waals surface area contributed by atoms with Gasteiger partial charge < -0.3 is 10.0 Å². The van der Waals surface area contributed by atoms with Gasteiger partial charge in [0.05, 0.1) is 17.4 Å². The number of nitrogens with zero attached hydrogens (tertiary/aromatic N) is 1. The Kier molecular flexibility index (Phi) is 4.95. The van der Waals surface area contributed by atoms with Gasteiger partial charge in [0.1, 0.15) is 0 Å². The quantitative estimate of drug-likeness (QED) is 0.697. The van der Waals surface area contributed by atoms with E-state index in [-0.39, 0.29) is 23.7 Å². The summed E-state index contributed by atoms with van der Waals surface area (Å²) >= 11 is 4.26. The van der Waals surface area contributed by atoms with Crippen molar-refractivity contribution in [2.24, 2.45) is 5.92 Å². The zero-order chi connectivity index (χ0) is 11.5. The van der Waals surface area contributed by atoms with Gasteiger partial charge in [-0.15, -0.1) is 0 Å². The summed E-state index contributed by atoms with van der Waals surface area (Å²) < 4.78 is 0. The molecule has 1 amide bonds. The second-order valence-electron chi connectivity index (χ2n) is 4.56. The van der Waals surface area contributed by atoms with Crippen LogP contribution in [0.4, 0.5) is 0 Å². The molecule has 0 aliphatic heterocycles. The average molecular weight is 219 g/mol. The highest BCUT2D eigenvalue weighted by Gasteiger charge is 2.31. The molecule has 4 heteroatoms. The van der Waals surface area contributed by atoms with Crippen molar-refractivity contribution in [1.82, 2.24) is 4.90 Å². The molecule has 0 aromatic rings. The van der Waals surface area contributed by atoms with E-state index in [2.05, 4.69) is 12.6 Å². The van der Waals surface area contributed by atoms with Crippen LogP contribution in [-0.4, -0.2) is 40.4 Å². The molecule has 0 aromatic heterocycles. The van der Waals surface area contributed by atoms with Gasteiger partial charge in [0.2, 0.25) is 5.91 Å². The molecular weight excluding hydrogens is 198 g/mol. The normalized spacial score (nSPS) is 14.3. The summed E-state index contributed by atoms with van der Waals surface area (Å²) in [6.07, 6.45) is 0. The van der Waals surface area contributed by atoms with E-state index in [1.807, 2.05) is 27.7 Å². The molecule has 1 unspecified atom stereocenters. The van der Waals surface area contributed by atoms with E-state index >= 15 is 0 Å². The van der Waals surface area contributed by atoms with Crippen molar-refractivity contribution in [2.75, 3.05) is 13.7 Å². The molecule has 14 heavy (non-hydrogen) atoms. The smallest absolute Gasteiger partial charge is 0.235 e. The van der Waals surface area contributed by atoms with Crippen molar-refractivity contribution in [3.05, 3.63) is 0 Å². The number of amides is 1. The standard InChI is InChI=1S/C10H21NO2S/c1-7(2)8(14)9(13)11(5)10(3,4)6-12/h7-8,12,14H,6H2,1-5H3. The fourth-order valence-electron chi connectivity index (χ4n) is 0.888. The molecule has 0 aliphatic carbocycles. The second-order valence-corrected chi connectivity index (χ2v) is 5.11. The summed E-state index contributed by atoms with van der Waals surface area (Å²) in [7, 11) is 1.70. The van der Waals surface area contributed by atoms with Crippen LogP contribution in [0.3, 0.4) is 0 Å². The summed E-state index contributed by atoms with van der Waals surface area (Å²) in [5, 5.41) is 8.81. The van der Waals surface area contributed by atoms with Crippen molar-refractivity contribution in [3.63, 3.8) is 0 Å². The number of aliphatic hydroxyl groups excluding tert-OH is 1. The van der Waals surface area contributed by atoms with Crippen LogP contribution in [0.1, 0.15) is 27.7 Å². The van der Waals surface area contributed by atoms with Gasteiger partial charge in [0.25, 0.3) is 0 Å². The predicted octanol–water partition coefficient (Wildman–Crippen LogP) is 1.17. The summed E-state index contributed by atoms with van der Waals surface area (Å²) in [6.45, 7) is 7.51. The largest absolute Gasteiger partial charge is 0.394 e. The molecule has 0 spiro atoms. The van der Waals surface area contributed by atoms with Crippen LogP contribution in [0.15, 0.2) is 0 Å². The Morgan fingerprint density at radius 1 is 1.50 bits per heavy atom. The minimum absolute atomic E-state index is 0.0395. The minimum Gasteiger partial charge on any atom is -0.394 e. The van der Waals surface area contributed by atoms with Gasteiger partial charge in [-0.2, -0.15) is 12.6 Å². The lowest BCUT2D eigenvalue weighted by Gasteiger charge is -2.36. The van der Waals surface area contributed by atoms with Crippen molar-refractivity contribution < 1.29 is 9.90 Å². The molecule has 0 saturated carbocycles. The van der Waals surface area contributed by atoms with Crippen molar-refractivity contribution in [3.8, 4) is 0 Å². The molecule has 0 bridgehead atoms. The van der Waals surface area contributed by atoms with E-state index < -0.39 is 5.54 Å². The first-order valence-electron chi connectivity index (χ1n) is 4.80. The molecule has 0 radical (unpaired) electrons. The predicted molar refractivity (Wildman–Crippen MR) is 61.5 cm³/mol. The number of carbonyl (C=O) groups is 1. The number of thiol groups is 1. The molecule has 0 fully saturated rings. The maximum atomic E-state index is 11.8. The molecule has 1 N–H and O–H groups in total. The Morgan fingerprint density at radius 3 is 2.21 bits per heavy atom. The van der Waals surface area contributed by atoms with Crippen molar-refractivity contribution in [2.45, 2.75) is 38.5 Å². The maximum Gasteiger partial charge on any atom is 0.235 e. The van der Waals surface area contributed by atoms with Gasteiger partial charge >= 0.3 is 0 Å². The highest BCUT2D eigenvalue weighted by molar-refractivity contribution is 7.81. The van der Waals surface area contributed by atoms with Crippen LogP contribution in [0.5, 0.6) is 0 Å². The minimum atomic E-state index is -0.521. The zero-order valence-electron chi connectivity index (χ0n) is 9.61.